The van der Waals surface area contributed by atoms with E-state index in [-0.39, 0.29) is 16.7 Å². The summed E-state index contributed by atoms with van der Waals surface area (Å²) in [4.78, 5) is 16.5. The van der Waals surface area contributed by atoms with Crippen molar-refractivity contribution in [3.8, 4) is 0 Å². The van der Waals surface area contributed by atoms with Gasteiger partial charge in [0.05, 0.1) is 29.3 Å². The molecule has 4 rings (SSSR count). The number of hydrogen-bond acceptors (Lipinski definition) is 6. The van der Waals surface area contributed by atoms with Gasteiger partial charge >= 0.3 is 5.97 Å². The topological polar surface area (TPSA) is 78.6 Å². The van der Waals surface area contributed by atoms with Crippen molar-refractivity contribution in [2.45, 2.75) is 45.1 Å². The van der Waals surface area contributed by atoms with Gasteiger partial charge in [0, 0.05) is 12.5 Å². The van der Waals surface area contributed by atoms with E-state index < -0.39 is 5.97 Å². The van der Waals surface area contributed by atoms with Crippen molar-refractivity contribution in [1.82, 2.24) is 19.6 Å². The summed E-state index contributed by atoms with van der Waals surface area (Å²) in [6, 6.07) is 3.62. The van der Waals surface area contributed by atoms with Gasteiger partial charge in [-0.2, -0.15) is 0 Å². The van der Waals surface area contributed by atoms with Crippen LogP contribution in [0.2, 0.25) is 5.15 Å². The van der Waals surface area contributed by atoms with Crippen LogP contribution in [0.4, 0.5) is 0 Å². The van der Waals surface area contributed by atoms with Gasteiger partial charge < -0.3 is 9.47 Å². The van der Waals surface area contributed by atoms with E-state index in [1.807, 2.05) is 17.4 Å². The minimum atomic E-state index is -0.400. The standard InChI is InChI=1S/C19H21ClN4O3/c1-10-7-14-13(8-12(10)18(25)26-4)21-15(20)17-23-22-16(24(14)17)11-5-6-27-19(2,3)9-11/h7-8,11H,5-6,9H2,1-4H3. The quantitative estimate of drug-likeness (QED) is 0.623. The van der Waals surface area contributed by atoms with Gasteiger partial charge in [-0.15, -0.1) is 10.2 Å². The molecule has 1 aliphatic rings. The summed E-state index contributed by atoms with van der Waals surface area (Å²) in [6.07, 6.45) is 1.71. The molecule has 142 valence electrons. The van der Waals surface area contributed by atoms with Crippen molar-refractivity contribution in [2.24, 2.45) is 0 Å². The molecule has 3 heterocycles. The lowest BCUT2D eigenvalue weighted by molar-refractivity contribution is -0.0603. The van der Waals surface area contributed by atoms with Crippen LogP contribution in [0.5, 0.6) is 0 Å². The molecule has 1 atom stereocenters. The molecule has 1 unspecified atom stereocenters. The molecule has 3 aromatic rings. The van der Waals surface area contributed by atoms with Crippen molar-refractivity contribution in [1.29, 1.82) is 0 Å². The molecular weight excluding hydrogens is 368 g/mol. The van der Waals surface area contributed by atoms with Gasteiger partial charge in [0.2, 0.25) is 0 Å². The molecule has 1 aliphatic heterocycles. The Labute approximate surface area is 161 Å². The number of benzene rings is 1. The minimum absolute atomic E-state index is 0.200. The third-order valence-corrected chi connectivity index (χ3v) is 5.37. The highest BCUT2D eigenvalue weighted by Gasteiger charge is 2.33. The van der Waals surface area contributed by atoms with Gasteiger partial charge in [0.1, 0.15) is 5.82 Å². The van der Waals surface area contributed by atoms with Crippen LogP contribution in [0.25, 0.3) is 16.7 Å². The molecule has 27 heavy (non-hydrogen) atoms. The number of aromatic nitrogens is 4. The smallest absolute Gasteiger partial charge is 0.338 e. The second-order valence-corrected chi connectivity index (χ2v) is 7.92. The Bertz CT molecular complexity index is 1060. The lowest BCUT2D eigenvalue weighted by Gasteiger charge is -2.34. The Morgan fingerprint density at radius 3 is 2.85 bits per heavy atom. The van der Waals surface area contributed by atoms with Crippen LogP contribution in [0.3, 0.4) is 0 Å². The molecular formula is C19H21ClN4O3. The molecule has 0 saturated carbocycles. The summed E-state index contributed by atoms with van der Waals surface area (Å²) in [6.45, 7) is 6.71. The molecule has 2 aromatic heterocycles. The van der Waals surface area contributed by atoms with E-state index in [4.69, 9.17) is 21.1 Å². The highest BCUT2D eigenvalue weighted by molar-refractivity contribution is 6.32. The van der Waals surface area contributed by atoms with Crippen LogP contribution in [0.1, 0.15) is 54.4 Å². The number of hydrogen-bond donors (Lipinski definition) is 0. The average molecular weight is 389 g/mol. The van der Waals surface area contributed by atoms with Crippen LogP contribution >= 0.6 is 11.6 Å². The number of nitrogens with zero attached hydrogens (tertiary/aromatic N) is 4. The van der Waals surface area contributed by atoms with Gasteiger partial charge in [0.15, 0.2) is 10.8 Å². The molecule has 1 aromatic carbocycles. The van der Waals surface area contributed by atoms with E-state index in [2.05, 4.69) is 29.0 Å². The van der Waals surface area contributed by atoms with Crippen molar-refractivity contribution >= 4 is 34.3 Å². The predicted octanol–water partition coefficient (Wildman–Crippen LogP) is 3.70. The Morgan fingerprint density at radius 1 is 1.37 bits per heavy atom. The lowest BCUT2D eigenvalue weighted by atomic mass is 9.88. The number of fused-ring (bicyclic) bond motifs is 3. The number of esters is 1. The number of aryl methyl sites for hydroxylation is 1. The maximum Gasteiger partial charge on any atom is 0.338 e. The Morgan fingerprint density at radius 2 is 2.15 bits per heavy atom. The van der Waals surface area contributed by atoms with Gasteiger partial charge in [0.25, 0.3) is 0 Å². The molecule has 1 fully saturated rings. The zero-order chi connectivity index (χ0) is 19.3. The highest BCUT2D eigenvalue weighted by Crippen LogP contribution is 2.36. The lowest BCUT2D eigenvalue weighted by Crippen LogP contribution is -2.33. The fraction of sp³-hybridized carbons (Fsp3) is 0.474. The second kappa shape index (κ2) is 6.42. The Balaban J connectivity index is 1.96. The second-order valence-electron chi connectivity index (χ2n) is 7.57. The Hall–Kier alpha value is -2.25. The largest absolute Gasteiger partial charge is 0.465 e. The van der Waals surface area contributed by atoms with Gasteiger partial charge in [-0.1, -0.05) is 11.6 Å². The summed E-state index contributed by atoms with van der Waals surface area (Å²) in [5.41, 5.74) is 3.00. The molecule has 8 heteroatoms. The van der Waals surface area contributed by atoms with Gasteiger partial charge in [-0.25, -0.2) is 9.78 Å². The number of ether oxygens (including phenoxy) is 2. The molecule has 1 saturated heterocycles. The van der Waals surface area contributed by atoms with Crippen LogP contribution in [-0.4, -0.2) is 44.9 Å². The van der Waals surface area contributed by atoms with Crippen LogP contribution < -0.4 is 0 Å². The maximum absolute atomic E-state index is 12.0. The average Bonchev–Trinajstić information content (AvgIpc) is 3.06. The van der Waals surface area contributed by atoms with E-state index >= 15 is 0 Å². The van der Waals surface area contributed by atoms with Gasteiger partial charge in [-0.05, 0) is 51.3 Å². The zero-order valence-corrected chi connectivity index (χ0v) is 16.5. The van der Waals surface area contributed by atoms with Gasteiger partial charge in [-0.3, -0.25) is 4.40 Å². The third-order valence-electron chi connectivity index (χ3n) is 5.12. The van der Waals surface area contributed by atoms with E-state index in [0.717, 1.165) is 29.7 Å². The Kier molecular flexibility index (Phi) is 4.31. The minimum Gasteiger partial charge on any atom is -0.465 e. The number of halogens is 1. The highest BCUT2D eigenvalue weighted by atomic mass is 35.5. The van der Waals surface area contributed by atoms with Crippen molar-refractivity contribution < 1.29 is 14.3 Å². The van der Waals surface area contributed by atoms with E-state index in [9.17, 15) is 4.79 Å². The first kappa shape index (κ1) is 18.1. The summed E-state index contributed by atoms with van der Waals surface area (Å²) < 4.78 is 12.7. The monoisotopic (exact) mass is 388 g/mol. The van der Waals surface area contributed by atoms with Crippen molar-refractivity contribution in [3.63, 3.8) is 0 Å². The molecule has 0 radical (unpaired) electrons. The van der Waals surface area contributed by atoms with E-state index in [1.165, 1.54) is 7.11 Å². The number of rotatable bonds is 2. The number of carbonyl (C=O) groups excluding carboxylic acids is 1. The molecule has 7 nitrogen and oxygen atoms in total. The van der Waals surface area contributed by atoms with E-state index in [0.29, 0.717) is 23.3 Å². The molecule has 0 aliphatic carbocycles. The predicted molar refractivity (Wildman–Crippen MR) is 101 cm³/mol. The first-order chi connectivity index (χ1) is 12.8. The zero-order valence-electron chi connectivity index (χ0n) is 15.7. The summed E-state index contributed by atoms with van der Waals surface area (Å²) in [5.74, 6) is 0.648. The molecule has 0 spiro atoms. The first-order valence-corrected chi connectivity index (χ1v) is 9.25. The molecule has 0 N–H and O–H groups in total. The maximum atomic E-state index is 12.0. The molecule has 0 bridgehead atoms. The summed E-state index contributed by atoms with van der Waals surface area (Å²) >= 11 is 6.37. The summed E-state index contributed by atoms with van der Waals surface area (Å²) in [7, 11) is 1.36. The van der Waals surface area contributed by atoms with Crippen LogP contribution in [0, 0.1) is 6.92 Å². The third kappa shape index (κ3) is 3.04. The number of carbonyl (C=O) groups is 1. The van der Waals surface area contributed by atoms with Crippen molar-refractivity contribution in [2.75, 3.05) is 13.7 Å². The fourth-order valence-corrected chi connectivity index (χ4v) is 4.03. The first-order valence-electron chi connectivity index (χ1n) is 8.88. The normalized spacial score (nSPS) is 19.5. The van der Waals surface area contributed by atoms with Crippen LogP contribution in [-0.2, 0) is 9.47 Å². The fourth-order valence-electron chi connectivity index (χ4n) is 3.82. The van der Waals surface area contributed by atoms with Crippen molar-refractivity contribution in [3.05, 3.63) is 34.2 Å². The number of methoxy groups -OCH3 is 1. The summed E-state index contributed by atoms with van der Waals surface area (Å²) in [5, 5.41) is 8.98. The molecule has 0 amide bonds. The SMILES string of the molecule is COC(=O)c1cc2nc(Cl)c3nnc(C4CCOC(C)(C)C4)n3c2cc1C. The van der Waals surface area contributed by atoms with E-state index in [1.54, 1.807) is 6.07 Å². The van der Waals surface area contributed by atoms with Crippen LogP contribution in [0.15, 0.2) is 12.1 Å².